The molecule has 1 aromatic heterocycles. The number of rotatable bonds is 5. The van der Waals surface area contributed by atoms with Crippen LogP contribution in [0.3, 0.4) is 0 Å². The Morgan fingerprint density at radius 1 is 1.40 bits per heavy atom. The molecular formula is C14H13N3O3. The number of nitrogens with zero attached hydrogens (tertiary/aromatic N) is 2. The van der Waals surface area contributed by atoms with Crippen LogP contribution in [0, 0.1) is 0 Å². The highest BCUT2D eigenvalue weighted by atomic mass is 16.4. The van der Waals surface area contributed by atoms with Crippen molar-refractivity contribution in [2.24, 2.45) is 0 Å². The van der Waals surface area contributed by atoms with Crippen molar-refractivity contribution >= 4 is 11.9 Å². The first-order chi connectivity index (χ1) is 12.9. The van der Waals surface area contributed by atoms with E-state index < -0.39 is 65.7 Å². The molecule has 2 N–H and O–H groups in total. The number of aromatic nitrogens is 2. The third kappa shape index (κ3) is 3.61. The SMILES string of the molecule is [2H]c1c([2H])c([2H])c(C([2H])([2H])[C@]([2H])(NC(=O)c2cnccn2)C(=O)O)c([2H])c1[2H]. The smallest absolute Gasteiger partial charge is 0.326 e. The van der Waals surface area contributed by atoms with Gasteiger partial charge >= 0.3 is 5.97 Å². The van der Waals surface area contributed by atoms with Gasteiger partial charge in [-0.1, -0.05) is 30.2 Å². The zero-order chi connectivity index (χ0) is 21.4. The predicted molar refractivity (Wildman–Crippen MR) is 71.1 cm³/mol. The molecule has 6 nitrogen and oxygen atoms in total. The van der Waals surface area contributed by atoms with Crippen LogP contribution in [-0.2, 0) is 11.2 Å². The van der Waals surface area contributed by atoms with Crippen LogP contribution in [0.1, 0.15) is 27.0 Å². The summed E-state index contributed by atoms with van der Waals surface area (Å²) in [6.45, 7) is 0. The van der Waals surface area contributed by atoms with Crippen LogP contribution < -0.4 is 5.32 Å². The number of nitrogens with one attached hydrogen (secondary N) is 1. The van der Waals surface area contributed by atoms with Crippen LogP contribution in [0.25, 0.3) is 0 Å². The third-order valence-electron chi connectivity index (χ3n) is 2.00. The van der Waals surface area contributed by atoms with E-state index in [0.717, 1.165) is 12.4 Å². The van der Waals surface area contributed by atoms with Crippen molar-refractivity contribution < 1.29 is 25.7 Å². The molecule has 2 rings (SSSR count). The number of hydrogen-bond acceptors (Lipinski definition) is 4. The van der Waals surface area contributed by atoms with Crippen LogP contribution in [-0.4, -0.2) is 33.0 Å². The molecule has 20 heavy (non-hydrogen) atoms. The summed E-state index contributed by atoms with van der Waals surface area (Å²) in [4.78, 5) is 31.2. The Morgan fingerprint density at radius 3 is 2.75 bits per heavy atom. The summed E-state index contributed by atoms with van der Waals surface area (Å²) >= 11 is 0. The number of hydrogen-bond donors (Lipinski definition) is 2. The van der Waals surface area contributed by atoms with E-state index in [9.17, 15) is 14.7 Å². The van der Waals surface area contributed by atoms with Gasteiger partial charge in [-0.3, -0.25) is 9.78 Å². The van der Waals surface area contributed by atoms with Gasteiger partial charge in [0.1, 0.15) is 11.7 Å². The molecule has 0 aliphatic heterocycles. The van der Waals surface area contributed by atoms with E-state index in [1.807, 2.05) is 0 Å². The molecule has 2 aromatic rings. The minimum Gasteiger partial charge on any atom is -0.480 e. The lowest BCUT2D eigenvalue weighted by Gasteiger charge is -2.14. The molecule has 1 heterocycles. The zero-order valence-corrected chi connectivity index (χ0v) is 9.89. The lowest BCUT2D eigenvalue weighted by atomic mass is 10.1. The van der Waals surface area contributed by atoms with Crippen LogP contribution >= 0.6 is 0 Å². The first-order valence-corrected chi connectivity index (χ1v) is 5.25. The predicted octanol–water partition coefficient (Wildman–Crippen LogP) is 0.902. The van der Waals surface area contributed by atoms with Crippen LogP contribution in [0.15, 0.2) is 48.8 Å². The van der Waals surface area contributed by atoms with Gasteiger partial charge < -0.3 is 10.4 Å². The van der Waals surface area contributed by atoms with Crippen molar-refractivity contribution in [1.29, 1.82) is 0 Å². The number of carboxylic acid groups (broad SMARTS) is 1. The molecule has 0 aliphatic carbocycles. The monoisotopic (exact) mass is 279 g/mol. The molecule has 102 valence electrons. The number of benzene rings is 1. The van der Waals surface area contributed by atoms with Gasteiger partial charge in [-0.15, -0.1) is 0 Å². The summed E-state index contributed by atoms with van der Waals surface area (Å²) in [5.41, 5.74) is -1.48. The van der Waals surface area contributed by atoms with E-state index in [1.54, 1.807) is 5.32 Å². The van der Waals surface area contributed by atoms with Gasteiger partial charge in [0.05, 0.1) is 14.4 Å². The molecule has 0 bridgehead atoms. The molecule has 0 aliphatic rings. The fourth-order valence-electron chi connectivity index (χ4n) is 1.17. The lowest BCUT2D eigenvalue weighted by molar-refractivity contribution is -0.139. The Morgan fingerprint density at radius 2 is 2.15 bits per heavy atom. The number of amides is 1. The minimum atomic E-state index is -3.45. The van der Waals surface area contributed by atoms with E-state index in [2.05, 4.69) is 9.97 Å². The maximum absolute atomic E-state index is 12.2. The molecule has 1 atom stereocenters. The Labute approximate surface area is 126 Å². The van der Waals surface area contributed by atoms with Gasteiger partial charge in [0.15, 0.2) is 0 Å². The molecule has 0 unspecified atom stereocenters. The van der Waals surface area contributed by atoms with Crippen molar-refractivity contribution in [2.75, 3.05) is 0 Å². The van der Waals surface area contributed by atoms with Gasteiger partial charge in [0, 0.05) is 21.5 Å². The summed E-state index contributed by atoms with van der Waals surface area (Å²) in [7, 11) is 0. The largest absolute Gasteiger partial charge is 0.480 e. The summed E-state index contributed by atoms with van der Waals surface area (Å²) in [6.07, 6.45) is -0.124. The Balaban J connectivity index is 2.66. The molecule has 0 fully saturated rings. The van der Waals surface area contributed by atoms with E-state index in [0.29, 0.717) is 0 Å². The number of aliphatic carboxylic acids is 1. The van der Waals surface area contributed by atoms with Gasteiger partial charge in [-0.25, -0.2) is 9.78 Å². The highest BCUT2D eigenvalue weighted by molar-refractivity contribution is 5.94. The second-order valence-electron chi connectivity index (χ2n) is 3.35. The normalized spacial score (nSPS) is 19.6. The van der Waals surface area contributed by atoms with Crippen molar-refractivity contribution in [3.63, 3.8) is 0 Å². The number of carbonyl (C=O) groups excluding carboxylic acids is 1. The van der Waals surface area contributed by atoms with Gasteiger partial charge in [0.25, 0.3) is 5.91 Å². The summed E-state index contributed by atoms with van der Waals surface area (Å²) in [6, 6.07) is -8.13. The average molecular weight is 279 g/mol. The molecule has 1 aromatic carbocycles. The molecule has 1 amide bonds. The van der Waals surface area contributed by atoms with Crippen molar-refractivity contribution in [3.05, 3.63) is 60.1 Å². The molecular weight excluding hydrogens is 258 g/mol. The fourth-order valence-corrected chi connectivity index (χ4v) is 1.17. The number of carbonyl (C=O) groups is 2. The third-order valence-corrected chi connectivity index (χ3v) is 2.00. The van der Waals surface area contributed by atoms with Gasteiger partial charge in [-0.2, -0.15) is 0 Å². The Bertz CT molecular complexity index is 928. The second-order valence-corrected chi connectivity index (χ2v) is 3.35. The lowest BCUT2D eigenvalue weighted by Crippen LogP contribution is -2.42. The molecule has 0 saturated carbocycles. The minimum absolute atomic E-state index is 0.405. The molecule has 0 saturated heterocycles. The van der Waals surface area contributed by atoms with E-state index >= 15 is 0 Å². The summed E-state index contributed by atoms with van der Waals surface area (Å²) < 4.78 is 62.8. The maximum atomic E-state index is 12.2. The second kappa shape index (κ2) is 6.42. The molecule has 0 radical (unpaired) electrons. The first-order valence-electron chi connectivity index (χ1n) is 9.25. The van der Waals surface area contributed by atoms with E-state index in [1.165, 1.54) is 6.20 Å². The first kappa shape index (κ1) is 6.60. The van der Waals surface area contributed by atoms with Crippen LogP contribution in [0.4, 0.5) is 0 Å². The maximum Gasteiger partial charge on any atom is 0.326 e. The highest BCUT2D eigenvalue weighted by Crippen LogP contribution is 2.04. The average Bonchev–Trinajstić information content (AvgIpc) is 2.65. The van der Waals surface area contributed by atoms with Crippen molar-refractivity contribution in [2.45, 2.75) is 12.4 Å². The van der Waals surface area contributed by atoms with Crippen LogP contribution in [0.2, 0.25) is 0 Å². The highest BCUT2D eigenvalue weighted by Gasteiger charge is 2.21. The summed E-state index contributed by atoms with van der Waals surface area (Å²) in [5, 5.41) is 11.1. The quantitative estimate of drug-likeness (QED) is 0.848. The van der Waals surface area contributed by atoms with E-state index in [4.69, 9.17) is 11.0 Å². The number of carboxylic acids is 1. The van der Waals surface area contributed by atoms with Crippen molar-refractivity contribution in [1.82, 2.24) is 15.3 Å². The molecule has 0 spiro atoms. The van der Waals surface area contributed by atoms with Crippen LogP contribution in [0.5, 0.6) is 0 Å². The fraction of sp³-hybridized carbons (Fsp3) is 0.143. The Hall–Kier alpha value is -2.76. The van der Waals surface area contributed by atoms with E-state index in [-0.39, 0.29) is 0 Å². The standard InChI is InChI=1S/C14H13N3O3/c18-13(12-9-15-6-7-16-12)17-11(14(19)20)8-10-4-2-1-3-5-10/h1-7,9,11H,8H2,(H,17,18)(H,19,20)/t11-/m0/s1/i1D,2D,3D,4D,5D,8D2,11D. The Kier molecular flexibility index (Phi) is 2.12. The van der Waals surface area contributed by atoms with Crippen molar-refractivity contribution in [3.8, 4) is 0 Å². The molecule has 6 heteroatoms. The summed E-state index contributed by atoms with van der Waals surface area (Å²) in [5.74, 6) is -3.40. The topological polar surface area (TPSA) is 92.2 Å². The van der Waals surface area contributed by atoms with Gasteiger partial charge in [-0.05, 0) is 5.56 Å². The van der Waals surface area contributed by atoms with Gasteiger partial charge in [0.2, 0.25) is 0 Å². The zero-order valence-electron chi connectivity index (χ0n) is 17.9.